The number of carbonyl (C=O) groups is 1. The molecule has 3 atom stereocenters. The molecule has 1 aliphatic carbocycles. The lowest BCUT2D eigenvalue weighted by atomic mass is 10.00. The molecule has 0 fully saturated rings. The largest absolute Gasteiger partial charge is 0.370 e. The topological polar surface area (TPSA) is 162 Å². The Bertz CT molecular complexity index is 1110. The highest BCUT2D eigenvalue weighted by atomic mass is 35.5. The number of hydrogen-bond donors (Lipinski definition) is 8. The van der Waals surface area contributed by atoms with Crippen LogP contribution in [0.15, 0.2) is 36.4 Å². The molecule has 0 saturated carbocycles. The molecule has 0 saturated heterocycles. The van der Waals surface area contributed by atoms with E-state index in [2.05, 4.69) is 21.3 Å². The molecular weight excluding hydrogens is 475 g/mol. The molecule has 1 amide bonds. The summed E-state index contributed by atoms with van der Waals surface area (Å²) >= 11 is 5.68. The Morgan fingerprint density at radius 2 is 2.06 bits per heavy atom. The van der Waals surface area contributed by atoms with Crippen LogP contribution in [0.2, 0.25) is 5.02 Å². The fourth-order valence-electron chi connectivity index (χ4n) is 4.10. The molecule has 188 valence electrons. The van der Waals surface area contributed by atoms with Gasteiger partial charge in [0.05, 0.1) is 11.1 Å². The number of aliphatic hydroxyl groups excluding tert-OH is 1. The third-order valence-electron chi connectivity index (χ3n) is 5.86. The fourth-order valence-corrected chi connectivity index (χ4v) is 4.22. The zero-order valence-electron chi connectivity index (χ0n) is 19.5. The molecular formula is C23H30ClFN8O2. The molecule has 35 heavy (non-hydrogen) atoms. The van der Waals surface area contributed by atoms with Crippen molar-refractivity contribution in [2.24, 2.45) is 11.7 Å². The number of aliphatic hydroxyl groups is 1. The van der Waals surface area contributed by atoms with Gasteiger partial charge in [0.25, 0.3) is 5.91 Å². The van der Waals surface area contributed by atoms with Gasteiger partial charge in [-0.25, -0.2) is 4.39 Å². The number of nitrogens with two attached hydrogens (primary N) is 1. The maximum atomic E-state index is 13.7. The van der Waals surface area contributed by atoms with Gasteiger partial charge < -0.3 is 37.0 Å². The van der Waals surface area contributed by atoms with E-state index >= 15 is 0 Å². The average Bonchev–Trinajstić information content (AvgIpc) is 3.15. The summed E-state index contributed by atoms with van der Waals surface area (Å²) in [5.74, 6) is -1.36. The number of hydrogen-bond acceptors (Lipinski definition) is 5. The second kappa shape index (κ2) is 11.2. The van der Waals surface area contributed by atoms with E-state index in [1.807, 2.05) is 25.2 Å². The van der Waals surface area contributed by atoms with Gasteiger partial charge in [-0.15, -0.1) is 0 Å². The van der Waals surface area contributed by atoms with Crippen LogP contribution in [0.1, 0.15) is 22.7 Å². The van der Waals surface area contributed by atoms with Crippen LogP contribution in [0.4, 0.5) is 10.1 Å². The fraction of sp³-hybridized carbons (Fsp3) is 0.348. The number of nitrogens with one attached hydrogen (secondary N) is 6. The molecule has 0 bridgehead atoms. The first-order valence-electron chi connectivity index (χ1n) is 11.0. The van der Waals surface area contributed by atoms with Gasteiger partial charge in [0, 0.05) is 38.8 Å². The zero-order valence-corrected chi connectivity index (χ0v) is 20.2. The molecule has 0 spiro atoms. The minimum atomic E-state index is -1.62. The molecule has 0 radical (unpaired) electrons. The van der Waals surface area contributed by atoms with Crippen molar-refractivity contribution in [3.8, 4) is 0 Å². The second-order valence-corrected chi connectivity index (χ2v) is 8.82. The number of halogens is 2. The molecule has 1 aliphatic rings. The molecule has 2 aromatic carbocycles. The standard InChI is InChI=1S/C23H30ClFN8O2/c1-29-23(28)33(2)11-12-3-5-16-13(7-12)8-14(10-30-22(26)27)19(16)32-21(35)20(34)31-15-4-6-17(24)18(25)9-15/h3-7,9,14,19-20,31,34H,8,10-11H2,1-2H3,(H2,28,29)(H,32,35)(H4,26,27,30)/t14-,19-,20?/m1/s1. The van der Waals surface area contributed by atoms with Crippen molar-refractivity contribution in [3.05, 3.63) is 63.9 Å². The predicted molar refractivity (Wildman–Crippen MR) is 134 cm³/mol. The van der Waals surface area contributed by atoms with Gasteiger partial charge >= 0.3 is 0 Å². The van der Waals surface area contributed by atoms with E-state index in [9.17, 15) is 14.3 Å². The molecule has 0 heterocycles. The Morgan fingerprint density at radius 1 is 1.31 bits per heavy atom. The molecule has 1 unspecified atom stereocenters. The van der Waals surface area contributed by atoms with E-state index in [0.29, 0.717) is 25.5 Å². The monoisotopic (exact) mass is 504 g/mol. The van der Waals surface area contributed by atoms with E-state index < -0.39 is 24.0 Å². The first-order chi connectivity index (χ1) is 16.6. The van der Waals surface area contributed by atoms with Crippen LogP contribution in [-0.4, -0.2) is 54.7 Å². The second-order valence-electron chi connectivity index (χ2n) is 8.41. The van der Waals surface area contributed by atoms with Crippen molar-refractivity contribution in [1.82, 2.24) is 20.9 Å². The van der Waals surface area contributed by atoms with Crippen LogP contribution in [0.5, 0.6) is 0 Å². The van der Waals surface area contributed by atoms with Gasteiger partial charge in [0.2, 0.25) is 6.23 Å². The van der Waals surface area contributed by atoms with Crippen LogP contribution in [0.25, 0.3) is 0 Å². The van der Waals surface area contributed by atoms with Crippen LogP contribution in [-0.2, 0) is 17.8 Å². The van der Waals surface area contributed by atoms with Gasteiger partial charge in [0.15, 0.2) is 11.9 Å². The lowest BCUT2D eigenvalue weighted by Crippen LogP contribution is -2.44. The van der Waals surface area contributed by atoms with Crippen molar-refractivity contribution >= 4 is 35.1 Å². The molecule has 3 rings (SSSR count). The number of anilines is 1. The summed E-state index contributed by atoms with van der Waals surface area (Å²) in [5, 5.41) is 36.7. The first-order valence-corrected chi connectivity index (χ1v) is 11.3. The van der Waals surface area contributed by atoms with E-state index in [1.54, 1.807) is 11.9 Å². The predicted octanol–water partition coefficient (Wildman–Crippen LogP) is 1.31. The highest BCUT2D eigenvalue weighted by Gasteiger charge is 2.35. The molecule has 2 aromatic rings. The molecule has 0 aromatic heterocycles. The van der Waals surface area contributed by atoms with E-state index in [4.69, 9.17) is 28.2 Å². The van der Waals surface area contributed by atoms with Crippen molar-refractivity contribution in [2.75, 3.05) is 26.0 Å². The number of guanidine groups is 2. The number of amides is 1. The lowest BCUT2D eigenvalue weighted by Gasteiger charge is -2.24. The molecule has 12 heteroatoms. The van der Waals surface area contributed by atoms with Crippen molar-refractivity contribution in [1.29, 1.82) is 10.8 Å². The number of nitrogens with zero attached hydrogens (tertiary/aromatic N) is 1. The lowest BCUT2D eigenvalue weighted by molar-refractivity contribution is -0.129. The summed E-state index contributed by atoms with van der Waals surface area (Å²) < 4.78 is 13.7. The van der Waals surface area contributed by atoms with Gasteiger partial charge in [-0.3, -0.25) is 15.6 Å². The number of benzene rings is 2. The summed E-state index contributed by atoms with van der Waals surface area (Å²) in [7, 11) is 3.50. The smallest absolute Gasteiger partial charge is 0.270 e. The maximum Gasteiger partial charge on any atom is 0.270 e. The summed E-state index contributed by atoms with van der Waals surface area (Å²) in [6.07, 6.45) is -1.01. The van der Waals surface area contributed by atoms with Crippen LogP contribution >= 0.6 is 11.6 Å². The number of rotatable bonds is 8. The quantitative estimate of drug-likeness (QED) is 0.153. The molecule has 0 aliphatic heterocycles. The highest BCUT2D eigenvalue weighted by molar-refractivity contribution is 6.30. The summed E-state index contributed by atoms with van der Waals surface area (Å²) in [4.78, 5) is 14.6. The van der Waals surface area contributed by atoms with Crippen molar-refractivity contribution in [3.63, 3.8) is 0 Å². The maximum absolute atomic E-state index is 13.7. The minimum absolute atomic E-state index is 0.0637. The summed E-state index contributed by atoms with van der Waals surface area (Å²) in [5.41, 5.74) is 8.59. The Labute approximate surface area is 208 Å². The Morgan fingerprint density at radius 3 is 2.71 bits per heavy atom. The van der Waals surface area contributed by atoms with Gasteiger partial charge in [-0.2, -0.15) is 0 Å². The van der Waals surface area contributed by atoms with E-state index in [0.717, 1.165) is 22.8 Å². The Balaban J connectivity index is 1.76. The third-order valence-corrected chi connectivity index (χ3v) is 6.16. The van der Waals surface area contributed by atoms with Crippen molar-refractivity contribution < 1.29 is 14.3 Å². The first kappa shape index (κ1) is 26.0. The van der Waals surface area contributed by atoms with Crippen LogP contribution in [0.3, 0.4) is 0 Å². The Kier molecular flexibility index (Phi) is 8.36. The normalized spacial score (nSPS) is 17.2. The SMILES string of the molecule is CNC(=N)N(C)Cc1ccc2c(c1)C[C@H](CNC(=N)N)[C@H]2NC(=O)C(O)Nc1ccc(Cl)c(F)c1. The van der Waals surface area contributed by atoms with Gasteiger partial charge in [-0.05, 0) is 41.3 Å². The van der Waals surface area contributed by atoms with E-state index in [1.165, 1.54) is 12.1 Å². The van der Waals surface area contributed by atoms with Gasteiger partial charge in [-0.1, -0.05) is 29.8 Å². The summed E-state index contributed by atoms with van der Waals surface area (Å²) in [6, 6.07) is 9.33. The van der Waals surface area contributed by atoms with Crippen molar-refractivity contribution in [2.45, 2.75) is 25.2 Å². The van der Waals surface area contributed by atoms with Gasteiger partial charge in [0.1, 0.15) is 5.82 Å². The Hall–Kier alpha value is -3.57. The van der Waals surface area contributed by atoms with Crippen LogP contribution in [0, 0.1) is 22.6 Å². The molecule has 10 nitrogen and oxygen atoms in total. The number of fused-ring (bicyclic) bond motifs is 1. The minimum Gasteiger partial charge on any atom is -0.370 e. The number of carbonyl (C=O) groups excluding carboxylic acids is 1. The van der Waals surface area contributed by atoms with E-state index in [-0.39, 0.29) is 22.6 Å². The average molecular weight is 505 g/mol. The highest BCUT2D eigenvalue weighted by Crippen LogP contribution is 2.36. The zero-order chi connectivity index (χ0) is 25.7. The summed E-state index contributed by atoms with van der Waals surface area (Å²) in [6.45, 7) is 0.876. The third kappa shape index (κ3) is 6.52. The molecule has 9 N–H and O–H groups in total. The van der Waals surface area contributed by atoms with Crippen LogP contribution < -0.4 is 27.0 Å².